The third-order valence-electron chi connectivity index (χ3n) is 7.94. The van der Waals surface area contributed by atoms with Gasteiger partial charge in [0.2, 0.25) is 12.7 Å². The Morgan fingerprint density at radius 3 is 2.81 bits per heavy atom. The molecular formula is C29H32FN3O4. The van der Waals surface area contributed by atoms with E-state index in [4.69, 9.17) is 14.0 Å². The summed E-state index contributed by atoms with van der Waals surface area (Å²) in [7, 11) is 0. The monoisotopic (exact) mass is 505 g/mol. The fourth-order valence-corrected chi connectivity index (χ4v) is 5.81. The zero-order chi connectivity index (χ0) is 25.2. The summed E-state index contributed by atoms with van der Waals surface area (Å²) in [6.45, 7) is 4.98. The van der Waals surface area contributed by atoms with Gasteiger partial charge in [-0.3, -0.25) is 4.79 Å². The van der Waals surface area contributed by atoms with Crippen molar-refractivity contribution in [1.82, 2.24) is 15.0 Å². The Bertz CT molecular complexity index is 1300. The molecule has 0 radical (unpaired) electrons. The van der Waals surface area contributed by atoms with Crippen LogP contribution in [0.5, 0.6) is 11.5 Å². The molecule has 3 aliphatic heterocycles. The molecule has 4 heterocycles. The van der Waals surface area contributed by atoms with Crippen LogP contribution >= 0.6 is 0 Å². The Morgan fingerprint density at radius 2 is 1.92 bits per heavy atom. The van der Waals surface area contributed by atoms with Gasteiger partial charge in [0.1, 0.15) is 5.82 Å². The van der Waals surface area contributed by atoms with E-state index in [0.29, 0.717) is 17.4 Å². The van der Waals surface area contributed by atoms with Crippen molar-refractivity contribution in [3.05, 3.63) is 59.5 Å². The molecular weight excluding hydrogens is 473 g/mol. The standard InChI is InChI=1S/C29H32FN3O4/c30-23-5-6-24-26(17-23)37-31-29(24)22-10-14-32(15-11-22)13-9-21-2-1-12-33(18-21)28(34)8-4-20-3-7-25-27(16-20)36-19-35-25/h3-8,16-17,21-22H,1-2,9-15,18-19H2/b8-4+/t21-/m1/s1. The van der Waals surface area contributed by atoms with Crippen LogP contribution in [0.4, 0.5) is 4.39 Å². The number of carbonyl (C=O) groups is 1. The molecule has 0 saturated carbocycles. The van der Waals surface area contributed by atoms with Gasteiger partial charge in [-0.2, -0.15) is 0 Å². The number of aromatic nitrogens is 1. The number of carbonyl (C=O) groups excluding carboxylic acids is 1. The molecule has 8 heteroatoms. The minimum absolute atomic E-state index is 0.0721. The second-order valence-corrected chi connectivity index (χ2v) is 10.4. The maximum absolute atomic E-state index is 13.5. The molecule has 1 atom stereocenters. The molecule has 0 N–H and O–H groups in total. The van der Waals surface area contributed by atoms with Crippen LogP contribution in [0.3, 0.4) is 0 Å². The van der Waals surface area contributed by atoms with E-state index < -0.39 is 0 Å². The van der Waals surface area contributed by atoms with Gasteiger partial charge in [0.25, 0.3) is 0 Å². The molecule has 0 bridgehead atoms. The lowest BCUT2D eigenvalue weighted by Gasteiger charge is -2.35. The lowest BCUT2D eigenvalue weighted by molar-refractivity contribution is -0.127. The highest BCUT2D eigenvalue weighted by Gasteiger charge is 2.27. The predicted octanol–water partition coefficient (Wildman–Crippen LogP) is 5.22. The summed E-state index contributed by atoms with van der Waals surface area (Å²) >= 11 is 0. The van der Waals surface area contributed by atoms with E-state index in [1.54, 1.807) is 12.1 Å². The van der Waals surface area contributed by atoms with E-state index in [2.05, 4.69) is 10.1 Å². The Kier molecular flexibility index (Phi) is 6.83. The molecule has 0 aliphatic carbocycles. The number of nitrogens with zero attached hydrogens (tertiary/aromatic N) is 3. The zero-order valence-electron chi connectivity index (χ0n) is 20.9. The van der Waals surface area contributed by atoms with E-state index in [-0.39, 0.29) is 18.5 Å². The summed E-state index contributed by atoms with van der Waals surface area (Å²) in [5.41, 5.74) is 2.42. The van der Waals surface area contributed by atoms with Gasteiger partial charge in [-0.05, 0) is 93.6 Å². The van der Waals surface area contributed by atoms with Crippen LogP contribution in [0.1, 0.15) is 49.3 Å². The van der Waals surface area contributed by atoms with Crippen molar-refractivity contribution in [2.24, 2.45) is 5.92 Å². The van der Waals surface area contributed by atoms with E-state index >= 15 is 0 Å². The first-order valence-electron chi connectivity index (χ1n) is 13.3. The average Bonchev–Trinajstić information content (AvgIpc) is 3.57. The summed E-state index contributed by atoms with van der Waals surface area (Å²) in [6, 6.07) is 10.4. The summed E-state index contributed by atoms with van der Waals surface area (Å²) in [5.74, 6) is 2.12. The van der Waals surface area contributed by atoms with Crippen molar-refractivity contribution < 1.29 is 23.2 Å². The third kappa shape index (κ3) is 5.34. The highest BCUT2D eigenvalue weighted by atomic mass is 19.1. The molecule has 0 spiro atoms. The average molecular weight is 506 g/mol. The van der Waals surface area contributed by atoms with Crippen LogP contribution < -0.4 is 9.47 Å². The van der Waals surface area contributed by atoms with Crippen LogP contribution in [-0.2, 0) is 4.79 Å². The van der Waals surface area contributed by atoms with Gasteiger partial charge < -0.3 is 23.8 Å². The Balaban J connectivity index is 0.970. The molecule has 2 fully saturated rings. The van der Waals surface area contributed by atoms with Crippen LogP contribution in [0, 0.1) is 11.7 Å². The van der Waals surface area contributed by atoms with E-state index in [9.17, 15) is 9.18 Å². The van der Waals surface area contributed by atoms with Crippen molar-refractivity contribution in [2.45, 2.75) is 38.0 Å². The fourth-order valence-electron chi connectivity index (χ4n) is 5.81. The predicted molar refractivity (Wildman–Crippen MR) is 138 cm³/mol. The summed E-state index contributed by atoms with van der Waals surface area (Å²) in [4.78, 5) is 17.4. The number of benzene rings is 2. The van der Waals surface area contributed by atoms with Crippen LogP contribution in [0.25, 0.3) is 17.0 Å². The number of ether oxygens (including phenoxy) is 2. The molecule has 37 heavy (non-hydrogen) atoms. The number of piperidine rings is 2. The number of hydrogen-bond donors (Lipinski definition) is 0. The number of likely N-dealkylation sites (tertiary alicyclic amines) is 2. The minimum Gasteiger partial charge on any atom is -0.454 e. The van der Waals surface area contributed by atoms with Crippen LogP contribution in [0.15, 0.2) is 47.0 Å². The normalized spacial score (nSPS) is 20.8. The second kappa shape index (κ2) is 10.5. The topological polar surface area (TPSA) is 68.0 Å². The summed E-state index contributed by atoms with van der Waals surface area (Å²) in [6.07, 6.45) is 8.91. The fraction of sp³-hybridized carbons (Fsp3) is 0.448. The molecule has 2 saturated heterocycles. The molecule has 2 aromatic carbocycles. The first-order chi connectivity index (χ1) is 18.1. The van der Waals surface area contributed by atoms with Crippen molar-refractivity contribution >= 4 is 23.0 Å². The highest BCUT2D eigenvalue weighted by molar-refractivity contribution is 5.92. The van der Waals surface area contributed by atoms with E-state index in [1.165, 1.54) is 18.6 Å². The number of hydrogen-bond acceptors (Lipinski definition) is 6. The Morgan fingerprint density at radius 1 is 1.05 bits per heavy atom. The smallest absolute Gasteiger partial charge is 0.246 e. The Hall–Kier alpha value is -3.39. The molecule has 6 rings (SSSR count). The van der Waals surface area contributed by atoms with Gasteiger partial charge in [0.15, 0.2) is 17.1 Å². The zero-order valence-corrected chi connectivity index (χ0v) is 20.9. The van der Waals surface area contributed by atoms with Crippen LogP contribution in [-0.4, -0.2) is 60.4 Å². The van der Waals surface area contributed by atoms with Gasteiger partial charge >= 0.3 is 0 Å². The quantitative estimate of drug-likeness (QED) is 0.428. The van der Waals surface area contributed by atoms with Crippen LogP contribution in [0.2, 0.25) is 0 Å². The van der Waals surface area contributed by atoms with E-state index in [0.717, 1.165) is 86.5 Å². The lowest BCUT2D eigenvalue weighted by Crippen LogP contribution is -2.41. The summed E-state index contributed by atoms with van der Waals surface area (Å²) < 4.78 is 29.6. The second-order valence-electron chi connectivity index (χ2n) is 10.4. The van der Waals surface area contributed by atoms with Gasteiger partial charge in [0.05, 0.1) is 5.69 Å². The number of halogens is 1. The van der Waals surface area contributed by atoms with Crippen molar-refractivity contribution in [3.63, 3.8) is 0 Å². The van der Waals surface area contributed by atoms with Gasteiger partial charge in [-0.1, -0.05) is 11.2 Å². The highest BCUT2D eigenvalue weighted by Crippen LogP contribution is 2.34. The maximum atomic E-state index is 13.5. The van der Waals surface area contributed by atoms with Crippen molar-refractivity contribution in [1.29, 1.82) is 0 Å². The first-order valence-corrected chi connectivity index (χ1v) is 13.3. The van der Waals surface area contributed by atoms with Gasteiger partial charge in [0, 0.05) is 36.5 Å². The van der Waals surface area contributed by atoms with Gasteiger partial charge in [-0.25, -0.2) is 4.39 Å². The molecule has 194 valence electrons. The van der Waals surface area contributed by atoms with E-state index in [1.807, 2.05) is 29.2 Å². The SMILES string of the molecule is O=C(/C=C/c1ccc2c(c1)OCO2)N1CCC[C@H](CCN2CCC(c3noc4cc(F)ccc34)CC2)C1. The van der Waals surface area contributed by atoms with Gasteiger partial charge in [-0.15, -0.1) is 0 Å². The van der Waals surface area contributed by atoms with Crippen molar-refractivity contribution in [3.8, 4) is 11.5 Å². The number of fused-ring (bicyclic) bond motifs is 2. The molecule has 1 aromatic heterocycles. The largest absolute Gasteiger partial charge is 0.454 e. The summed E-state index contributed by atoms with van der Waals surface area (Å²) in [5, 5.41) is 5.19. The lowest BCUT2D eigenvalue weighted by atomic mass is 9.90. The minimum atomic E-state index is -0.297. The number of amides is 1. The molecule has 3 aliphatic rings. The third-order valence-corrected chi connectivity index (χ3v) is 7.94. The first kappa shape index (κ1) is 24.0. The number of rotatable bonds is 6. The van der Waals surface area contributed by atoms with Crippen molar-refractivity contribution in [2.75, 3.05) is 39.5 Å². The molecule has 7 nitrogen and oxygen atoms in total. The molecule has 1 amide bonds. The molecule has 3 aromatic rings. The molecule has 0 unspecified atom stereocenters. The Labute approximate surface area is 215 Å². The maximum Gasteiger partial charge on any atom is 0.246 e.